The van der Waals surface area contributed by atoms with Crippen molar-refractivity contribution in [1.82, 2.24) is 9.97 Å². The largest absolute Gasteiger partial charge is 0.459 e. The van der Waals surface area contributed by atoms with Crippen LogP contribution < -0.4 is 5.32 Å². The van der Waals surface area contributed by atoms with Gasteiger partial charge >= 0.3 is 5.97 Å². The number of esters is 1. The van der Waals surface area contributed by atoms with E-state index in [0.717, 1.165) is 23.3 Å². The van der Waals surface area contributed by atoms with E-state index < -0.39 is 5.60 Å². The van der Waals surface area contributed by atoms with Crippen molar-refractivity contribution in [3.8, 4) is 0 Å². The summed E-state index contributed by atoms with van der Waals surface area (Å²) >= 11 is 1.29. The Kier molecular flexibility index (Phi) is 5.24. The molecule has 0 unspecified atom stereocenters. The number of ether oxygens (including phenoxy) is 1. The second-order valence-corrected chi connectivity index (χ2v) is 6.72. The molecular weight excluding hydrogens is 298 g/mol. The number of hydrogen-bond donors (Lipinski definition) is 1. The predicted octanol–water partition coefficient (Wildman–Crippen LogP) is 3.50. The van der Waals surface area contributed by atoms with Crippen molar-refractivity contribution in [1.29, 1.82) is 0 Å². The van der Waals surface area contributed by atoms with Crippen LogP contribution in [0.2, 0.25) is 0 Å². The van der Waals surface area contributed by atoms with Gasteiger partial charge in [-0.1, -0.05) is 23.9 Å². The van der Waals surface area contributed by atoms with Gasteiger partial charge in [0.1, 0.15) is 11.4 Å². The van der Waals surface area contributed by atoms with Crippen molar-refractivity contribution < 1.29 is 9.53 Å². The molecule has 0 aliphatic heterocycles. The van der Waals surface area contributed by atoms with Gasteiger partial charge in [-0.25, -0.2) is 9.97 Å². The molecule has 0 amide bonds. The maximum absolute atomic E-state index is 11.8. The van der Waals surface area contributed by atoms with Crippen molar-refractivity contribution in [3.63, 3.8) is 0 Å². The van der Waals surface area contributed by atoms with Gasteiger partial charge in [0.25, 0.3) is 0 Å². The lowest BCUT2D eigenvalue weighted by Crippen LogP contribution is -2.25. The highest BCUT2D eigenvalue weighted by molar-refractivity contribution is 7.99. The molecule has 1 aromatic carbocycles. The zero-order chi connectivity index (χ0) is 16.2. The number of nitrogens with one attached hydrogen (secondary N) is 1. The van der Waals surface area contributed by atoms with Crippen molar-refractivity contribution in [2.45, 2.75) is 38.5 Å². The smallest absolute Gasteiger partial charge is 0.316 e. The van der Waals surface area contributed by atoms with Gasteiger partial charge < -0.3 is 10.1 Å². The minimum Gasteiger partial charge on any atom is -0.459 e. The Morgan fingerprint density at radius 1 is 1.27 bits per heavy atom. The van der Waals surface area contributed by atoms with E-state index in [1.165, 1.54) is 11.8 Å². The number of thioether (sulfide) groups is 1. The molecule has 0 aliphatic carbocycles. The molecule has 1 heterocycles. The zero-order valence-corrected chi connectivity index (χ0v) is 14.2. The van der Waals surface area contributed by atoms with Gasteiger partial charge in [-0.05, 0) is 39.8 Å². The number of hydrogen-bond acceptors (Lipinski definition) is 6. The molecular formula is C16H21N3O2S. The summed E-state index contributed by atoms with van der Waals surface area (Å²) in [5, 5.41) is 4.78. The van der Waals surface area contributed by atoms with Crippen LogP contribution in [-0.4, -0.2) is 33.8 Å². The molecule has 0 spiro atoms. The van der Waals surface area contributed by atoms with Crippen LogP contribution >= 0.6 is 11.8 Å². The van der Waals surface area contributed by atoms with Crippen LogP contribution in [0.25, 0.3) is 10.9 Å². The average molecular weight is 319 g/mol. The quantitative estimate of drug-likeness (QED) is 0.517. The number of anilines is 1. The predicted molar refractivity (Wildman–Crippen MR) is 90.3 cm³/mol. The molecule has 1 aromatic heterocycles. The summed E-state index contributed by atoms with van der Waals surface area (Å²) in [5.74, 6) is 0.723. The molecule has 0 bridgehead atoms. The SMILES string of the molecule is CCNc1nc(SCC(=O)OC(C)(C)C)nc2ccccc12. The third-order valence-electron chi connectivity index (χ3n) is 2.67. The summed E-state index contributed by atoms with van der Waals surface area (Å²) in [6.07, 6.45) is 0. The second-order valence-electron chi connectivity index (χ2n) is 5.78. The fourth-order valence-electron chi connectivity index (χ4n) is 1.92. The van der Waals surface area contributed by atoms with Crippen LogP contribution in [0.4, 0.5) is 5.82 Å². The van der Waals surface area contributed by atoms with Gasteiger partial charge in [-0.2, -0.15) is 0 Å². The van der Waals surface area contributed by atoms with E-state index >= 15 is 0 Å². The summed E-state index contributed by atoms with van der Waals surface area (Å²) in [5.41, 5.74) is 0.386. The first-order chi connectivity index (χ1) is 10.4. The van der Waals surface area contributed by atoms with Crippen LogP contribution in [-0.2, 0) is 9.53 Å². The lowest BCUT2D eigenvalue weighted by Gasteiger charge is -2.19. The molecule has 0 aliphatic rings. The zero-order valence-electron chi connectivity index (χ0n) is 13.3. The van der Waals surface area contributed by atoms with E-state index in [4.69, 9.17) is 4.74 Å². The summed E-state index contributed by atoms with van der Waals surface area (Å²) in [4.78, 5) is 20.8. The van der Waals surface area contributed by atoms with Crippen LogP contribution in [0, 0.1) is 0 Å². The monoisotopic (exact) mass is 319 g/mol. The maximum atomic E-state index is 11.8. The van der Waals surface area contributed by atoms with Crippen molar-refractivity contribution in [3.05, 3.63) is 24.3 Å². The van der Waals surface area contributed by atoms with E-state index in [0.29, 0.717) is 5.16 Å². The Morgan fingerprint density at radius 2 is 2.00 bits per heavy atom. The number of benzene rings is 1. The van der Waals surface area contributed by atoms with E-state index in [1.54, 1.807) is 0 Å². The van der Waals surface area contributed by atoms with E-state index in [2.05, 4.69) is 15.3 Å². The van der Waals surface area contributed by atoms with Crippen molar-refractivity contribution in [2.75, 3.05) is 17.6 Å². The molecule has 6 heteroatoms. The third kappa shape index (κ3) is 4.59. The first-order valence-electron chi connectivity index (χ1n) is 7.24. The molecule has 118 valence electrons. The number of nitrogens with zero attached hydrogens (tertiary/aromatic N) is 2. The van der Waals surface area contributed by atoms with Gasteiger partial charge in [-0.15, -0.1) is 0 Å². The van der Waals surface area contributed by atoms with Crippen molar-refractivity contribution in [2.24, 2.45) is 0 Å². The summed E-state index contributed by atoms with van der Waals surface area (Å²) < 4.78 is 5.29. The average Bonchev–Trinajstić information content (AvgIpc) is 2.44. The fourth-order valence-corrected chi connectivity index (χ4v) is 2.54. The topological polar surface area (TPSA) is 64.1 Å². The Morgan fingerprint density at radius 3 is 2.68 bits per heavy atom. The lowest BCUT2D eigenvalue weighted by atomic mass is 10.2. The number of aromatic nitrogens is 2. The first-order valence-corrected chi connectivity index (χ1v) is 8.23. The Labute approximate surface area is 134 Å². The van der Waals surface area contributed by atoms with Crippen LogP contribution in [0.5, 0.6) is 0 Å². The van der Waals surface area contributed by atoms with Crippen LogP contribution in [0.3, 0.4) is 0 Å². The minimum atomic E-state index is -0.475. The van der Waals surface area contributed by atoms with Gasteiger partial charge in [0, 0.05) is 11.9 Å². The summed E-state index contributed by atoms with van der Waals surface area (Å²) in [7, 11) is 0. The normalized spacial score (nSPS) is 11.5. The van der Waals surface area contributed by atoms with Crippen molar-refractivity contribution >= 4 is 34.5 Å². The van der Waals surface area contributed by atoms with E-state index in [9.17, 15) is 4.79 Å². The maximum Gasteiger partial charge on any atom is 0.316 e. The molecule has 0 fully saturated rings. The summed E-state index contributed by atoms with van der Waals surface area (Å²) in [6, 6.07) is 7.82. The Balaban J connectivity index is 2.16. The van der Waals surface area contributed by atoms with Crippen LogP contribution in [0.15, 0.2) is 29.4 Å². The molecule has 22 heavy (non-hydrogen) atoms. The number of carbonyl (C=O) groups excluding carboxylic acids is 1. The van der Waals surface area contributed by atoms with Gasteiger partial charge in [0.2, 0.25) is 0 Å². The van der Waals surface area contributed by atoms with E-state index in [1.807, 2.05) is 52.0 Å². The fraction of sp³-hybridized carbons (Fsp3) is 0.438. The molecule has 2 rings (SSSR count). The third-order valence-corrected chi connectivity index (χ3v) is 3.49. The van der Waals surface area contributed by atoms with Gasteiger partial charge in [-0.3, -0.25) is 4.79 Å². The molecule has 1 N–H and O–H groups in total. The molecule has 2 aromatic rings. The molecule has 5 nitrogen and oxygen atoms in total. The number of carbonyl (C=O) groups is 1. The molecule has 0 saturated carbocycles. The second kappa shape index (κ2) is 6.96. The standard InChI is InChI=1S/C16H21N3O2S/c1-5-17-14-11-8-6-7-9-12(11)18-15(19-14)22-10-13(20)21-16(2,3)4/h6-9H,5,10H2,1-4H3,(H,17,18,19). The van der Waals surface area contributed by atoms with Crippen LogP contribution in [0.1, 0.15) is 27.7 Å². The Bertz CT molecular complexity index is 668. The molecule has 0 radical (unpaired) electrons. The lowest BCUT2D eigenvalue weighted by molar-refractivity contribution is -0.151. The highest BCUT2D eigenvalue weighted by Crippen LogP contribution is 2.24. The highest BCUT2D eigenvalue weighted by atomic mass is 32.2. The number of fused-ring (bicyclic) bond motifs is 1. The number of para-hydroxylation sites is 1. The van der Waals surface area contributed by atoms with Gasteiger partial charge in [0.15, 0.2) is 5.16 Å². The Hall–Kier alpha value is -1.82. The van der Waals surface area contributed by atoms with Gasteiger partial charge in [0.05, 0.1) is 11.3 Å². The van der Waals surface area contributed by atoms with E-state index in [-0.39, 0.29) is 11.7 Å². The molecule has 0 atom stereocenters. The summed E-state index contributed by atoms with van der Waals surface area (Å²) in [6.45, 7) is 8.35. The highest BCUT2D eigenvalue weighted by Gasteiger charge is 2.17. The molecule has 0 saturated heterocycles. The first kappa shape index (κ1) is 16.5. The minimum absolute atomic E-state index is 0.196. The number of rotatable bonds is 5.